The van der Waals surface area contributed by atoms with Gasteiger partial charge in [0.05, 0.1) is 13.7 Å². The van der Waals surface area contributed by atoms with E-state index in [0.29, 0.717) is 13.2 Å². The maximum atomic E-state index is 11.3. The molecular formula is C12H18N2O5. The number of nitrogens with zero attached hydrogens (tertiary/aromatic N) is 1. The lowest BCUT2D eigenvalue weighted by Crippen LogP contribution is -2.38. The van der Waals surface area contributed by atoms with E-state index in [1.165, 1.54) is 13.4 Å². The molecule has 0 saturated carbocycles. The van der Waals surface area contributed by atoms with Crippen LogP contribution >= 0.6 is 0 Å². The molecule has 106 valence electrons. The minimum absolute atomic E-state index is 0.102. The number of oxazole rings is 1. The number of esters is 1. The molecule has 1 saturated heterocycles. The van der Waals surface area contributed by atoms with Gasteiger partial charge >= 0.3 is 5.97 Å². The van der Waals surface area contributed by atoms with E-state index < -0.39 is 12.0 Å². The summed E-state index contributed by atoms with van der Waals surface area (Å²) in [5.41, 5.74) is 0.102. The summed E-state index contributed by atoms with van der Waals surface area (Å²) in [5.74, 6) is -0.271. The summed E-state index contributed by atoms with van der Waals surface area (Å²) < 4.78 is 15.0. The number of aliphatic hydroxyl groups is 1. The molecule has 1 fully saturated rings. The maximum Gasteiger partial charge on any atom is 0.360 e. The van der Waals surface area contributed by atoms with Crippen molar-refractivity contribution in [1.29, 1.82) is 0 Å². The smallest absolute Gasteiger partial charge is 0.360 e. The first kappa shape index (κ1) is 14.0. The summed E-state index contributed by atoms with van der Waals surface area (Å²) >= 11 is 0. The van der Waals surface area contributed by atoms with Crippen molar-refractivity contribution in [2.24, 2.45) is 0 Å². The van der Waals surface area contributed by atoms with Gasteiger partial charge in [0.1, 0.15) is 12.3 Å². The highest BCUT2D eigenvalue weighted by Crippen LogP contribution is 2.16. The van der Waals surface area contributed by atoms with E-state index in [1.54, 1.807) is 0 Å². The molecule has 19 heavy (non-hydrogen) atoms. The molecule has 1 aliphatic heterocycles. The van der Waals surface area contributed by atoms with Crippen LogP contribution in [0.25, 0.3) is 0 Å². The van der Waals surface area contributed by atoms with Crippen molar-refractivity contribution >= 4 is 5.97 Å². The lowest BCUT2D eigenvalue weighted by molar-refractivity contribution is 0.0594. The van der Waals surface area contributed by atoms with Crippen LogP contribution in [-0.4, -0.2) is 49.0 Å². The van der Waals surface area contributed by atoms with Crippen LogP contribution in [-0.2, 0) is 9.47 Å². The molecule has 0 aromatic carbocycles. The zero-order chi connectivity index (χ0) is 13.7. The van der Waals surface area contributed by atoms with Crippen molar-refractivity contribution in [1.82, 2.24) is 10.3 Å². The van der Waals surface area contributed by atoms with Crippen LogP contribution in [0, 0.1) is 0 Å². The average molecular weight is 270 g/mol. The van der Waals surface area contributed by atoms with Crippen molar-refractivity contribution in [2.45, 2.75) is 24.9 Å². The third-order valence-corrected chi connectivity index (χ3v) is 3.06. The Kier molecular flexibility index (Phi) is 4.89. The zero-order valence-corrected chi connectivity index (χ0v) is 10.8. The second kappa shape index (κ2) is 6.65. The summed E-state index contributed by atoms with van der Waals surface area (Å²) in [6.07, 6.45) is 2.98. The van der Waals surface area contributed by atoms with Crippen LogP contribution in [0.2, 0.25) is 0 Å². The van der Waals surface area contributed by atoms with E-state index in [9.17, 15) is 9.90 Å². The average Bonchev–Trinajstić information content (AvgIpc) is 2.94. The van der Waals surface area contributed by atoms with Crippen molar-refractivity contribution < 1.29 is 23.8 Å². The number of nitrogens with one attached hydrogen (secondary N) is 1. The van der Waals surface area contributed by atoms with Gasteiger partial charge in [-0.05, 0) is 12.8 Å². The largest absolute Gasteiger partial charge is 0.464 e. The van der Waals surface area contributed by atoms with E-state index in [1.807, 2.05) is 0 Å². The molecule has 1 aromatic rings. The van der Waals surface area contributed by atoms with Crippen molar-refractivity contribution in [3.8, 4) is 0 Å². The van der Waals surface area contributed by atoms with Crippen LogP contribution in [0.5, 0.6) is 0 Å². The van der Waals surface area contributed by atoms with Crippen molar-refractivity contribution in [3.05, 3.63) is 17.8 Å². The number of carbonyl (C=O) groups excluding carboxylic acids is 1. The predicted octanol–water partition coefficient (Wildman–Crippen LogP) is 0.263. The van der Waals surface area contributed by atoms with Gasteiger partial charge in [-0.2, -0.15) is 0 Å². The van der Waals surface area contributed by atoms with E-state index in [-0.39, 0.29) is 24.2 Å². The second-order valence-electron chi connectivity index (χ2n) is 4.35. The molecule has 7 nitrogen and oxygen atoms in total. The highest BCUT2D eigenvalue weighted by molar-refractivity contribution is 5.86. The minimum Gasteiger partial charge on any atom is -0.464 e. The van der Waals surface area contributed by atoms with Gasteiger partial charge in [0, 0.05) is 19.3 Å². The minimum atomic E-state index is -0.558. The van der Waals surface area contributed by atoms with E-state index in [4.69, 9.17) is 9.15 Å². The summed E-state index contributed by atoms with van der Waals surface area (Å²) in [6, 6.07) is -0.180. The van der Waals surface area contributed by atoms with Gasteiger partial charge in [-0.1, -0.05) is 0 Å². The van der Waals surface area contributed by atoms with Crippen LogP contribution in [0.3, 0.4) is 0 Å². The molecule has 2 heterocycles. The Morgan fingerprint density at radius 1 is 1.63 bits per heavy atom. The third-order valence-electron chi connectivity index (χ3n) is 3.06. The number of aromatic nitrogens is 1. The summed E-state index contributed by atoms with van der Waals surface area (Å²) in [4.78, 5) is 15.3. The fourth-order valence-electron chi connectivity index (χ4n) is 2.00. The molecule has 2 rings (SSSR count). The predicted molar refractivity (Wildman–Crippen MR) is 64.6 cm³/mol. The van der Waals surface area contributed by atoms with E-state index in [0.717, 1.165) is 12.8 Å². The number of aliphatic hydroxyl groups excluding tert-OH is 1. The Bertz CT molecular complexity index is 414. The molecule has 0 bridgehead atoms. The van der Waals surface area contributed by atoms with Crippen LogP contribution in [0.1, 0.15) is 35.3 Å². The molecule has 0 aliphatic carbocycles. The fraction of sp³-hybridized carbons (Fsp3) is 0.667. The Morgan fingerprint density at radius 3 is 3.00 bits per heavy atom. The Balaban J connectivity index is 2.00. The number of carbonyl (C=O) groups is 1. The molecule has 7 heteroatoms. The van der Waals surface area contributed by atoms with Crippen molar-refractivity contribution in [2.75, 3.05) is 26.9 Å². The maximum absolute atomic E-state index is 11.3. The molecular weight excluding hydrogens is 252 g/mol. The van der Waals surface area contributed by atoms with E-state index in [2.05, 4.69) is 15.0 Å². The molecule has 2 N–H and O–H groups in total. The Labute approximate surface area is 110 Å². The zero-order valence-electron chi connectivity index (χ0n) is 10.8. The molecule has 0 amide bonds. The lowest BCUT2D eigenvalue weighted by Gasteiger charge is -2.26. The third kappa shape index (κ3) is 3.52. The van der Waals surface area contributed by atoms with Gasteiger partial charge in [-0.15, -0.1) is 0 Å². The first-order valence-corrected chi connectivity index (χ1v) is 6.23. The standard InChI is InChI=1S/C12H18N2O5/c1-17-12(16)10-7-19-11(14-10)9(6-15)13-8-2-4-18-5-3-8/h7-9,13,15H,2-6H2,1H3. The van der Waals surface area contributed by atoms with Crippen LogP contribution in [0.15, 0.2) is 10.7 Å². The molecule has 1 aliphatic rings. The SMILES string of the molecule is COC(=O)c1coc(C(CO)NC2CCOCC2)n1. The number of hydrogen-bond acceptors (Lipinski definition) is 7. The molecule has 1 unspecified atom stereocenters. The first-order chi connectivity index (χ1) is 9.24. The summed E-state index contributed by atoms with van der Waals surface area (Å²) in [5, 5.41) is 12.7. The molecule has 1 aromatic heterocycles. The van der Waals surface area contributed by atoms with Crippen LogP contribution < -0.4 is 5.32 Å². The normalized spacial score (nSPS) is 18.2. The van der Waals surface area contributed by atoms with Gasteiger partial charge in [0.25, 0.3) is 0 Å². The highest BCUT2D eigenvalue weighted by atomic mass is 16.5. The van der Waals surface area contributed by atoms with Crippen molar-refractivity contribution in [3.63, 3.8) is 0 Å². The second-order valence-corrected chi connectivity index (χ2v) is 4.35. The van der Waals surface area contributed by atoms with Gasteiger partial charge in [0.2, 0.25) is 5.89 Å². The molecule has 0 spiro atoms. The number of hydrogen-bond donors (Lipinski definition) is 2. The fourth-order valence-corrected chi connectivity index (χ4v) is 2.00. The van der Waals surface area contributed by atoms with Gasteiger partial charge in [-0.25, -0.2) is 9.78 Å². The van der Waals surface area contributed by atoms with E-state index >= 15 is 0 Å². The highest BCUT2D eigenvalue weighted by Gasteiger charge is 2.23. The monoisotopic (exact) mass is 270 g/mol. The summed E-state index contributed by atoms with van der Waals surface area (Å²) in [7, 11) is 1.28. The number of methoxy groups -OCH3 is 1. The Morgan fingerprint density at radius 2 is 2.37 bits per heavy atom. The van der Waals surface area contributed by atoms with Crippen LogP contribution in [0.4, 0.5) is 0 Å². The topological polar surface area (TPSA) is 93.8 Å². The molecule has 0 radical (unpaired) electrons. The lowest BCUT2D eigenvalue weighted by atomic mass is 10.1. The summed E-state index contributed by atoms with van der Waals surface area (Å²) in [6.45, 7) is 1.25. The number of ether oxygens (including phenoxy) is 2. The first-order valence-electron chi connectivity index (χ1n) is 6.23. The molecule has 1 atom stereocenters. The van der Waals surface area contributed by atoms with Gasteiger partial charge < -0.3 is 24.3 Å². The van der Waals surface area contributed by atoms with Gasteiger partial charge in [-0.3, -0.25) is 0 Å². The number of rotatable bonds is 5. The Hall–Kier alpha value is -1.44. The van der Waals surface area contributed by atoms with Gasteiger partial charge in [0.15, 0.2) is 5.69 Å². The quantitative estimate of drug-likeness (QED) is 0.741.